The van der Waals surface area contributed by atoms with Crippen molar-refractivity contribution in [1.82, 2.24) is 9.78 Å². The van der Waals surface area contributed by atoms with E-state index in [1.807, 2.05) is 12.1 Å². The molecule has 3 aromatic rings. The van der Waals surface area contributed by atoms with Crippen LogP contribution in [0.25, 0.3) is 0 Å². The molecule has 0 unspecified atom stereocenters. The number of hydrogen-bond donors (Lipinski definition) is 1. The van der Waals surface area contributed by atoms with E-state index in [0.29, 0.717) is 16.6 Å². The van der Waals surface area contributed by atoms with E-state index in [1.165, 1.54) is 24.3 Å². The summed E-state index contributed by atoms with van der Waals surface area (Å²) >= 11 is 17.7. The van der Waals surface area contributed by atoms with E-state index < -0.39 is 10.0 Å². The van der Waals surface area contributed by atoms with Crippen molar-refractivity contribution in [3.63, 3.8) is 0 Å². The highest BCUT2D eigenvalue weighted by Gasteiger charge is 2.18. The van der Waals surface area contributed by atoms with Gasteiger partial charge in [0.2, 0.25) is 0 Å². The highest BCUT2D eigenvalue weighted by atomic mass is 35.5. The fraction of sp³-hybridized carbons (Fsp3) is 0.0625. The smallest absolute Gasteiger partial charge is 0.263 e. The number of halogens is 3. The lowest BCUT2D eigenvalue weighted by Gasteiger charge is -2.06. The van der Waals surface area contributed by atoms with Crippen molar-refractivity contribution in [2.75, 3.05) is 4.72 Å². The second kappa shape index (κ2) is 7.25. The Morgan fingerprint density at radius 3 is 2.08 bits per heavy atom. The van der Waals surface area contributed by atoms with Crippen molar-refractivity contribution < 1.29 is 8.42 Å². The lowest BCUT2D eigenvalue weighted by Crippen LogP contribution is -2.14. The summed E-state index contributed by atoms with van der Waals surface area (Å²) in [6.07, 6.45) is 1.55. The number of aromatic nitrogens is 2. The Bertz CT molecular complexity index is 984. The highest BCUT2D eigenvalue weighted by molar-refractivity contribution is 7.92. The molecule has 1 heterocycles. The van der Waals surface area contributed by atoms with Crippen molar-refractivity contribution in [3.8, 4) is 0 Å². The van der Waals surface area contributed by atoms with Gasteiger partial charge in [-0.05, 0) is 42.0 Å². The summed E-state index contributed by atoms with van der Waals surface area (Å²) in [6, 6.07) is 13.1. The topological polar surface area (TPSA) is 64.0 Å². The Balaban J connectivity index is 1.80. The molecule has 1 N–H and O–H groups in total. The minimum atomic E-state index is -3.80. The van der Waals surface area contributed by atoms with Crippen LogP contribution in [-0.2, 0) is 16.6 Å². The third-order valence-electron chi connectivity index (χ3n) is 3.33. The second-order valence-corrected chi connectivity index (χ2v) is 8.17. The van der Waals surface area contributed by atoms with E-state index >= 15 is 0 Å². The molecule has 25 heavy (non-hydrogen) atoms. The number of nitrogens with one attached hydrogen (secondary N) is 1. The van der Waals surface area contributed by atoms with Crippen molar-refractivity contribution >= 4 is 50.6 Å². The Kier molecular flexibility index (Phi) is 5.24. The molecule has 0 aliphatic carbocycles. The normalized spacial score (nSPS) is 11.5. The molecule has 5 nitrogen and oxygen atoms in total. The molecule has 130 valence electrons. The largest absolute Gasteiger partial charge is 0.265 e. The van der Waals surface area contributed by atoms with Crippen molar-refractivity contribution in [1.29, 1.82) is 0 Å². The van der Waals surface area contributed by atoms with Crippen LogP contribution in [0.5, 0.6) is 0 Å². The molecule has 0 amide bonds. The van der Waals surface area contributed by atoms with Gasteiger partial charge in [0, 0.05) is 16.2 Å². The first-order valence-corrected chi connectivity index (χ1v) is 9.71. The lowest BCUT2D eigenvalue weighted by atomic mass is 10.2. The number of rotatable bonds is 5. The molecular weight excluding hydrogens is 405 g/mol. The Labute approximate surface area is 160 Å². The summed E-state index contributed by atoms with van der Waals surface area (Å²) in [4.78, 5) is 0.0696. The maximum Gasteiger partial charge on any atom is 0.263 e. The lowest BCUT2D eigenvalue weighted by molar-refractivity contribution is 0.600. The van der Waals surface area contributed by atoms with Crippen LogP contribution in [0.2, 0.25) is 15.1 Å². The number of anilines is 1. The van der Waals surface area contributed by atoms with Gasteiger partial charge in [0.1, 0.15) is 5.02 Å². The molecule has 0 radical (unpaired) electrons. The van der Waals surface area contributed by atoms with Crippen LogP contribution in [-0.4, -0.2) is 18.2 Å². The van der Waals surface area contributed by atoms with Crippen molar-refractivity contribution in [2.45, 2.75) is 11.4 Å². The van der Waals surface area contributed by atoms with Crippen LogP contribution >= 0.6 is 34.8 Å². The molecular formula is C16H12Cl3N3O2S. The van der Waals surface area contributed by atoms with E-state index in [0.717, 1.165) is 5.56 Å². The SMILES string of the molecule is O=S(=O)(Nc1nn(Cc2ccc(Cl)cc2)cc1Cl)c1ccc(Cl)cc1. The number of benzene rings is 2. The average molecular weight is 417 g/mol. The zero-order valence-corrected chi connectivity index (χ0v) is 15.7. The molecule has 9 heteroatoms. The van der Waals surface area contributed by atoms with Crippen LogP contribution in [0, 0.1) is 0 Å². The quantitative estimate of drug-likeness (QED) is 0.656. The van der Waals surface area contributed by atoms with Gasteiger partial charge in [-0.3, -0.25) is 9.40 Å². The second-order valence-electron chi connectivity index (χ2n) is 5.21. The summed E-state index contributed by atoms with van der Waals surface area (Å²) in [5, 5.41) is 5.48. The predicted molar refractivity (Wildman–Crippen MR) is 100 cm³/mol. The van der Waals surface area contributed by atoms with Crippen LogP contribution in [0.15, 0.2) is 59.6 Å². The van der Waals surface area contributed by atoms with Gasteiger partial charge in [0.25, 0.3) is 10.0 Å². The van der Waals surface area contributed by atoms with Crippen molar-refractivity contribution in [3.05, 3.63) is 75.4 Å². The minimum absolute atomic E-state index is 0.0607. The third kappa shape index (κ3) is 4.46. The molecule has 0 bridgehead atoms. The summed E-state index contributed by atoms with van der Waals surface area (Å²) in [5.41, 5.74) is 0.954. The molecule has 0 aliphatic rings. The van der Waals surface area contributed by atoms with E-state index in [4.69, 9.17) is 34.8 Å². The molecule has 2 aromatic carbocycles. The molecule has 3 rings (SSSR count). The zero-order chi connectivity index (χ0) is 18.0. The number of hydrogen-bond acceptors (Lipinski definition) is 3. The van der Waals surface area contributed by atoms with Crippen LogP contribution in [0.3, 0.4) is 0 Å². The fourth-order valence-electron chi connectivity index (χ4n) is 2.12. The Morgan fingerprint density at radius 1 is 0.920 bits per heavy atom. The van der Waals surface area contributed by atoms with Gasteiger partial charge >= 0.3 is 0 Å². The van der Waals surface area contributed by atoms with Crippen LogP contribution in [0.4, 0.5) is 5.82 Å². The van der Waals surface area contributed by atoms with E-state index in [-0.39, 0.29) is 15.7 Å². The van der Waals surface area contributed by atoms with Gasteiger partial charge in [-0.25, -0.2) is 8.42 Å². The number of nitrogens with zero attached hydrogens (tertiary/aromatic N) is 2. The summed E-state index contributed by atoms with van der Waals surface area (Å²) in [6.45, 7) is 0.430. The summed E-state index contributed by atoms with van der Waals surface area (Å²) in [5.74, 6) is 0.0607. The Morgan fingerprint density at radius 2 is 1.48 bits per heavy atom. The maximum atomic E-state index is 12.4. The molecule has 0 spiro atoms. The average Bonchev–Trinajstić information content (AvgIpc) is 2.89. The first-order valence-electron chi connectivity index (χ1n) is 7.09. The van der Waals surface area contributed by atoms with E-state index in [9.17, 15) is 8.42 Å². The van der Waals surface area contributed by atoms with E-state index in [2.05, 4.69) is 9.82 Å². The fourth-order valence-corrected chi connectivity index (χ4v) is 3.65. The highest BCUT2D eigenvalue weighted by Crippen LogP contribution is 2.24. The molecule has 0 saturated heterocycles. The van der Waals surface area contributed by atoms with Gasteiger partial charge in [-0.2, -0.15) is 5.10 Å². The zero-order valence-electron chi connectivity index (χ0n) is 12.7. The first kappa shape index (κ1) is 18.1. The number of sulfonamides is 1. The van der Waals surface area contributed by atoms with Gasteiger partial charge < -0.3 is 0 Å². The van der Waals surface area contributed by atoms with Gasteiger partial charge in [-0.1, -0.05) is 46.9 Å². The maximum absolute atomic E-state index is 12.4. The van der Waals surface area contributed by atoms with Crippen LogP contribution < -0.4 is 4.72 Å². The van der Waals surface area contributed by atoms with Gasteiger partial charge in [0.15, 0.2) is 5.82 Å². The van der Waals surface area contributed by atoms with E-state index in [1.54, 1.807) is 23.0 Å². The molecule has 0 aliphatic heterocycles. The summed E-state index contributed by atoms with van der Waals surface area (Å²) in [7, 11) is -3.80. The molecule has 1 aromatic heterocycles. The van der Waals surface area contributed by atoms with Crippen molar-refractivity contribution in [2.24, 2.45) is 0 Å². The Hall–Kier alpha value is -1.73. The standard InChI is InChI=1S/C16H12Cl3N3O2S/c17-12-3-1-11(2-4-12)9-22-10-15(19)16(20-22)21-25(23,24)14-7-5-13(18)6-8-14/h1-8,10H,9H2,(H,20,21). The van der Waals surface area contributed by atoms with Crippen LogP contribution in [0.1, 0.15) is 5.56 Å². The monoisotopic (exact) mass is 415 g/mol. The van der Waals surface area contributed by atoms with Gasteiger partial charge in [-0.15, -0.1) is 0 Å². The molecule has 0 atom stereocenters. The molecule has 0 saturated carbocycles. The minimum Gasteiger partial charge on any atom is -0.265 e. The first-order chi connectivity index (χ1) is 11.8. The molecule has 0 fully saturated rings. The third-order valence-corrected chi connectivity index (χ3v) is 5.47. The van der Waals surface area contributed by atoms with Gasteiger partial charge in [0.05, 0.1) is 11.4 Å². The predicted octanol–water partition coefficient (Wildman–Crippen LogP) is 4.69. The summed E-state index contributed by atoms with van der Waals surface area (Å²) < 4.78 is 28.7.